The van der Waals surface area contributed by atoms with Gasteiger partial charge in [0.05, 0.1) is 12.7 Å². The maximum absolute atomic E-state index is 13.6. The molecule has 0 fully saturated rings. The highest BCUT2D eigenvalue weighted by Gasteiger charge is 2.24. The van der Waals surface area contributed by atoms with Gasteiger partial charge in [-0.3, -0.25) is 9.59 Å². The summed E-state index contributed by atoms with van der Waals surface area (Å²) in [5, 5.41) is 5.15. The topological polar surface area (TPSA) is 62.6 Å². The molecule has 0 saturated carbocycles. The minimum Gasteiger partial charge on any atom is -0.321 e. The Morgan fingerprint density at radius 1 is 1.04 bits per heavy atom. The Kier molecular flexibility index (Phi) is 6.19. The second-order valence-corrected chi connectivity index (χ2v) is 5.77. The van der Waals surface area contributed by atoms with Gasteiger partial charge in [-0.05, 0) is 43.3 Å². The Morgan fingerprint density at radius 3 is 2.32 bits per heavy atom. The summed E-state index contributed by atoms with van der Waals surface area (Å²) in [6.07, 6.45) is 0. The first kappa shape index (κ1) is 18.5. The molecule has 0 aromatic heterocycles. The van der Waals surface area contributed by atoms with Gasteiger partial charge in [0.2, 0.25) is 0 Å². The van der Waals surface area contributed by atoms with E-state index in [9.17, 15) is 18.4 Å². The SMILES string of the molecule is C[C@H](C(=O)Nc1ccccc1F)[NH+](C)CC(=O)Nc1ccc(F)cc1. The third kappa shape index (κ3) is 5.36. The molecule has 0 radical (unpaired) electrons. The fraction of sp³-hybridized carbons (Fsp3) is 0.222. The van der Waals surface area contributed by atoms with Crippen molar-refractivity contribution in [3.05, 3.63) is 60.2 Å². The number of hydrogen-bond donors (Lipinski definition) is 3. The zero-order valence-corrected chi connectivity index (χ0v) is 14.0. The molecule has 1 unspecified atom stereocenters. The number of carbonyl (C=O) groups is 2. The number of para-hydroxylation sites is 1. The highest BCUT2D eigenvalue weighted by Crippen LogP contribution is 2.12. The van der Waals surface area contributed by atoms with E-state index in [4.69, 9.17) is 0 Å². The van der Waals surface area contributed by atoms with Crippen LogP contribution in [0.4, 0.5) is 20.2 Å². The van der Waals surface area contributed by atoms with Crippen molar-refractivity contribution in [1.29, 1.82) is 0 Å². The minimum atomic E-state index is -0.571. The van der Waals surface area contributed by atoms with Crippen LogP contribution in [0.3, 0.4) is 0 Å². The number of halogens is 2. The van der Waals surface area contributed by atoms with Crippen molar-refractivity contribution in [3.63, 3.8) is 0 Å². The van der Waals surface area contributed by atoms with Gasteiger partial charge in [-0.1, -0.05) is 12.1 Å². The third-order valence-electron chi connectivity index (χ3n) is 3.83. The van der Waals surface area contributed by atoms with Gasteiger partial charge in [0.15, 0.2) is 12.6 Å². The summed E-state index contributed by atoms with van der Waals surface area (Å²) in [6.45, 7) is 1.68. The quantitative estimate of drug-likeness (QED) is 0.740. The van der Waals surface area contributed by atoms with E-state index in [1.54, 1.807) is 20.0 Å². The van der Waals surface area contributed by atoms with Crippen LogP contribution in [0.1, 0.15) is 6.92 Å². The molecule has 0 spiro atoms. The number of carbonyl (C=O) groups excluding carboxylic acids is 2. The smallest absolute Gasteiger partial charge is 0.282 e. The van der Waals surface area contributed by atoms with Crippen molar-refractivity contribution in [1.82, 2.24) is 0 Å². The molecule has 2 aromatic carbocycles. The first-order valence-electron chi connectivity index (χ1n) is 7.80. The van der Waals surface area contributed by atoms with Gasteiger partial charge in [-0.15, -0.1) is 0 Å². The highest BCUT2D eigenvalue weighted by molar-refractivity contribution is 5.94. The van der Waals surface area contributed by atoms with E-state index in [-0.39, 0.29) is 24.0 Å². The number of quaternary nitrogens is 1. The summed E-state index contributed by atoms with van der Waals surface area (Å²) >= 11 is 0. The fourth-order valence-electron chi connectivity index (χ4n) is 2.17. The van der Waals surface area contributed by atoms with Gasteiger partial charge in [0.1, 0.15) is 11.6 Å². The molecule has 0 aliphatic heterocycles. The molecule has 2 aromatic rings. The molecule has 2 atom stereocenters. The molecule has 2 rings (SSSR count). The normalized spacial score (nSPS) is 13.0. The fourth-order valence-corrected chi connectivity index (χ4v) is 2.17. The van der Waals surface area contributed by atoms with E-state index in [0.717, 1.165) is 0 Å². The van der Waals surface area contributed by atoms with E-state index in [1.165, 1.54) is 42.5 Å². The first-order valence-corrected chi connectivity index (χ1v) is 7.80. The second-order valence-electron chi connectivity index (χ2n) is 5.77. The van der Waals surface area contributed by atoms with E-state index < -0.39 is 17.8 Å². The van der Waals surface area contributed by atoms with Crippen LogP contribution in [0.5, 0.6) is 0 Å². The molecular weight excluding hydrogens is 328 g/mol. The summed E-state index contributed by atoms with van der Waals surface area (Å²) in [5.74, 6) is -1.61. The van der Waals surface area contributed by atoms with Crippen molar-refractivity contribution in [2.24, 2.45) is 0 Å². The van der Waals surface area contributed by atoms with Crippen molar-refractivity contribution >= 4 is 23.2 Å². The number of nitrogens with one attached hydrogen (secondary N) is 3. The van der Waals surface area contributed by atoms with E-state index >= 15 is 0 Å². The van der Waals surface area contributed by atoms with Crippen LogP contribution in [0.2, 0.25) is 0 Å². The van der Waals surface area contributed by atoms with E-state index in [0.29, 0.717) is 10.6 Å². The lowest BCUT2D eigenvalue weighted by atomic mass is 10.2. The molecule has 7 heteroatoms. The molecule has 2 amide bonds. The average Bonchev–Trinajstić information content (AvgIpc) is 2.58. The largest absolute Gasteiger partial charge is 0.321 e. The molecule has 5 nitrogen and oxygen atoms in total. The number of likely N-dealkylation sites (N-methyl/N-ethyl adjacent to an activating group) is 1. The zero-order chi connectivity index (χ0) is 18.4. The monoisotopic (exact) mass is 348 g/mol. The third-order valence-corrected chi connectivity index (χ3v) is 3.83. The lowest BCUT2D eigenvalue weighted by molar-refractivity contribution is -0.885. The van der Waals surface area contributed by atoms with Gasteiger partial charge >= 0.3 is 0 Å². The van der Waals surface area contributed by atoms with Gasteiger partial charge in [0, 0.05) is 5.69 Å². The minimum absolute atomic E-state index is 0.0310. The van der Waals surface area contributed by atoms with Crippen LogP contribution < -0.4 is 15.5 Å². The van der Waals surface area contributed by atoms with Crippen LogP contribution in [0, 0.1) is 11.6 Å². The molecular formula is C18H20F2N3O2+. The van der Waals surface area contributed by atoms with Gasteiger partial charge in [-0.25, -0.2) is 8.78 Å². The van der Waals surface area contributed by atoms with Crippen LogP contribution in [0.25, 0.3) is 0 Å². The highest BCUT2D eigenvalue weighted by atomic mass is 19.1. The number of benzene rings is 2. The summed E-state index contributed by atoms with van der Waals surface area (Å²) in [7, 11) is 1.69. The Balaban J connectivity index is 1.89. The predicted octanol–water partition coefficient (Wildman–Crippen LogP) is 1.45. The molecule has 25 heavy (non-hydrogen) atoms. The van der Waals surface area contributed by atoms with Crippen molar-refractivity contribution in [2.75, 3.05) is 24.2 Å². The lowest BCUT2D eigenvalue weighted by Crippen LogP contribution is -3.14. The van der Waals surface area contributed by atoms with Crippen LogP contribution in [-0.4, -0.2) is 31.4 Å². The Morgan fingerprint density at radius 2 is 1.68 bits per heavy atom. The molecule has 0 aliphatic rings. The number of amides is 2. The molecule has 0 saturated heterocycles. The Hall–Kier alpha value is -2.80. The van der Waals surface area contributed by atoms with Gasteiger partial charge < -0.3 is 15.5 Å². The molecule has 132 valence electrons. The Labute approximate surface area is 144 Å². The van der Waals surface area contributed by atoms with Crippen molar-refractivity contribution in [2.45, 2.75) is 13.0 Å². The van der Waals surface area contributed by atoms with Gasteiger partial charge in [0.25, 0.3) is 11.8 Å². The summed E-state index contributed by atoms with van der Waals surface area (Å²) in [5.41, 5.74) is 0.575. The number of rotatable bonds is 6. The molecule has 0 heterocycles. The summed E-state index contributed by atoms with van der Waals surface area (Å²) in [4.78, 5) is 24.9. The Bertz CT molecular complexity index is 750. The van der Waals surface area contributed by atoms with Crippen molar-refractivity contribution in [3.8, 4) is 0 Å². The molecule has 0 aliphatic carbocycles. The van der Waals surface area contributed by atoms with Crippen molar-refractivity contribution < 1.29 is 23.3 Å². The number of anilines is 2. The lowest BCUT2D eigenvalue weighted by Gasteiger charge is -2.20. The molecule has 0 bridgehead atoms. The zero-order valence-electron chi connectivity index (χ0n) is 14.0. The maximum Gasteiger partial charge on any atom is 0.282 e. The predicted molar refractivity (Wildman–Crippen MR) is 91.3 cm³/mol. The van der Waals surface area contributed by atoms with Gasteiger partial charge in [-0.2, -0.15) is 0 Å². The molecule has 3 N–H and O–H groups in total. The number of hydrogen-bond acceptors (Lipinski definition) is 2. The van der Waals surface area contributed by atoms with Crippen LogP contribution in [0.15, 0.2) is 48.5 Å². The standard InChI is InChI=1S/C18H19F2N3O2/c1-12(18(25)22-16-6-4-3-5-15(16)20)23(2)11-17(24)21-14-9-7-13(19)8-10-14/h3-10,12H,11H2,1-2H3,(H,21,24)(H,22,25)/p+1/t12-/m1/s1. The van der Waals surface area contributed by atoms with E-state index in [2.05, 4.69) is 10.6 Å². The summed E-state index contributed by atoms with van der Waals surface area (Å²) < 4.78 is 26.4. The average molecular weight is 348 g/mol. The van der Waals surface area contributed by atoms with E-state index in [1.807, 2.05) is 0 Å². The van der Waals surface area contributed by atoms with Crippen LogP contribution >= 0.6 is 0 Å². The second kappa shape index (κ2) is 8.34. The maximum atomic E-state index is 13.6. The first-order chi connectivity index (χ1) is 11.9. The summed E-state index contributed by atoms with van der Waals surface area (Å²) in [6, 6.07) is 10.7. The van der Waals surface area contributed by atoms with Crippen LogP contribution in [-0.2, 0) is 9.59 Å².